The minimum Gasteiger partial charge on any atom is -0.456 e. The molecule has 1 unspecified atom stereocenters. The third kappa shape index (κ3) is 2.30. The Bertz CT molecular complexity index is 453. The van der Waals surface area contributed by atoms with Gasteiger partial charge in [0.1, 0.15) is 6.10 Å². The molecule has 3 atom stereocenters. The molecule has 2 rings (SSSR count). The van der Waals surface area contributed by atoms with Gasteiger partial charge in [0, 0.05) is 20.1 Å². The van der Waals surface area contributed by atoms with Gasteiger partial charge in [0.15, 0.2) is 0 Å². The van der Waals surface area contributed by atoms with Crippen molar-refractivity contribution in [3.63, 3.8) is 0 Å². The molecule has 0 bridgehead atoms. The Morgan fingerprint density at radius 1 is 1.69 bits per heavy atom. The fourth-order valence-corrected chi connectivity index (χ4v) is 3.58. The normalized spacial score (nSPS) is 33.8. The lowest BCUT2D eigenvalue weighted by molar-refractivity contribution is -0.147. The number of aromatic nitrogens is 1. The number of rotatable bonds is 1. The number of carbonyl (C=O) groups excluding carboxylic acids is 1. The summed E-state index contributed by atoms with van der Waals surface area (Å²) in [7, 11) is 0. The largest absolute Gasteiger partial charge is 0.456 e. The van der Waals surface area contributed by atoms with Crippen molar-refractivity contribution in [2.75, 3.05) is 0 Å². The molecule has 0 aromatic carbocycles. The summed E-state index contributed by atoms with van der Waals surface area (Å²) >= 11 is 6.83. The highest BCUT2D eigenvalue weighted by Gasteiger charge is 2.35. The van der Waals surface area contributed by atoms with Crippen molar-refractivity contribution in [3.8, 4) is 0 Å². The molecular weight excluding hydrogens is 338 g/mol. The molecule has 1 aliphatic rings. The number of hydrogen-bond acceptors (Lipinski definition) is 3. The van der Waals surface area contributed by atoms with Gasteiger partial charge < -0.3 is 4.74 Å². The van der Waals surface area contributed by atoms with Gasteiger partial charge in [-0.3, -0.25) is 9.78 Å². The van der Waals surface area contributed by atoms with Gasteiger partial charge in [-0.2, -0.15) is 0 Å². The van der Waals surface area contributed by atoms with Gasteiger partial charge in [-0.1, -0.05) is 37.9 Å². The molecule has 5 heteroatoms. The van der Waals surface area contributed by atoms with Crippen molar-refractivity contribution in [3.05, 3.63) is 29.6 Å². The van der Waals surface area contributed by atoms with E-state index in [1.54, 1.807) is 12.3 Å². The number of ether oxygens (including phenoxy) is 1. The number of carbonyl (C=O) groups is 1. The summed E-state index contributed by atoms with van der Waals surface area (Å²) in [5, 5.41) is 0. The summed E-state index contributed by atoms with van der Waals surface area (Å²) in [6.45, 7) is 1.35. The van der Waals surface area contributed by atoms with E-state index >= 15 is 0 Å². The summed E-state index contributed by atoms with van der Waals surface area (Å²) in [5.74, 6) is -0.395. The molecule has 0 N–H and O–H groups in total. The van der Waals surface area contributed by atoms with E-state index in [0.717, 1.165) is 11.3 Å². The van der Waals surface area contributed by atoms with Crippen LogP contribution < -0.4 is 0 Å². The van der Waals surface area contributed by atoms with Crippen LogP contribution in [0.15, 0.2) is 18.3 Å². The highest BCUT2D eigenvalue weighted by Crippen LogP contribution is 2.44. The molecule has 0 spiro atoms. The van der Waals surface area contributed by atoms with Crippen LogP contribution in [0, 0.1) is 0 Å². The van der Waals surface area contributed by atoms with Gasteiger partial charge in [0.25, 0.3) is 0 Å². The second kappa shape index (κ2) is 4.84. The van der Waals surface area contributed by atoms with Gasteiger partial charge >= 0.3 is 5.97 Å². The number of hydrogen-bond donors (Lipinski definition) is 0. The quantitative estimate of drug-likeness (QED) is 0.577. The average Bonchev–Trinajstić information content (AvgIpc) is 2.23. The monoisotopic (exact) mass is 348 g/mol. The molecule has 1 aromatic heterocycles. The maximum absolute atomic E-state index is 11.1. The highest BCUT2D eigenvalue weighted by molar-refractivity contribution is 9.10. The summed E-state index contributed by atoms with van der Waals surface area (Å²) in [6, 6.07) is 3.62. The predicted octanol–water partition coefficient (Wildman–Crippen LogP) is 3.29. The van der Waals surface area contributed by atoms with Crippen LogP contribution in [0.4, 0.5) is 0 Å². The lowest BCUT2D eigenvalue weighted by Crippen LogP contribution is -2.26. The Morgan fingerprint density at radius 2 is 2.44 bits per heavy atom. The summed E-state index contributed by atoms with van der Waals surface area (Å²) in [4.78, 5) is 14.4. The highest BCUT2D eigenvalue weighted by atomic mass is 79.9. The minimum atomic E-state index is -1.02. The third-order valence-corrected chi connectivity index (χ3v) is 3.89. The fourth-order valence-electron chi connectivity index (χ4n) is 1.75. The molecule has 1 aliphatic carbocycles. The number of pyridine rings is 1. The first-order chi connectivity index (χ1) is 7.92. The SMILES string of the molecule is [2H][C@@]1(Br)CC(Br)c2ncccc2[C@H]1OC(C)=O. The van der Waals surface area contributed by atoms with E-state index in [1.807, 2.05) is 6.07 Å². The molecule has 86 valence electrons. The predicted molar refractivity (Wildman–Crippen MR) is 67.7 cm³/mol. The van der Waals surface area contributed by atoms with E-state index in [1.165, 1.54) is 6.92 Å². The van der Waals surface area contributed by atoms with Crippen LogP contribution in [0.25, 0.3) is 0 Å². The summed E-state index contributed by atoms with van der Waals surface area (Å²) in [6.07, 6.45) is 1.55. The zero-order valence-corrected chi connectivity index (χ0v) is 11.8. The van der Waals surface area contributed by atoms with Gasteiger partial charge in [0.05, 0.1) is 15.3 Å². The molecule has 1 aromatic rings. The van der Waals surface area contributed by atoms with Crippen LogP contribution in [-0.2, 0) is 9.53 Å². The Labute approximate surface area is 112 Å². The lowest BCUT2D eigenvalue weighted by atomic mass is 9.93. The van der Waals surface area contributed by atoms with Crippen LogP contribution >= 0.6 is 31.9 Å². The van der Waals surface area contributed by atoms with Crippen molar-refractivity contribution in [1.29, 1.82) is 0 Å². The summed E-state index contributed by atoms with van der Waals surface area (Å²) in [5.41, 5.74) is 1.61. The Balaban J connectivity index is 2.47. The van der Waals surface area contributed by atoms with Crippen LogP contribution in [0.3, 0.4) is 0 Å². The topological polar surface area (TPSA) is 39.2 Å². The molecule has 0 fully saturated rings. The number of alkyl halides is 2. The van der Waals surface area contributed by atoms with Crippen molar-refractivity contribution in [2.24, 2.45) is 0 Å². The number of nitrogens with zero attached hydrogens (tertiary/aromatic N) is 1. The van der Waals surface area contributed by atoms with E-state index in [4.69, 9.17) is 6.11 Å². The van der Waals surface area contributed by atoms with Crippen LogP contribution in [0.1, 0.15) is 36.9 Å². The molecule has 1 heterocycles. The maximum atomic E-state index is 11.1. The average molecular weight is 350 g/mol. The second-order valence-electron chi connectivity index (χ2n) is 3.59. The van der Waals surface area contributed by atoms with Gasteiger partial charge in [-0.15, -0.1) is 0 Å². The van der Waals surface area contributed by atoms with E-state index in [0.29, 0.717) is 6.42 Å². The molecule has 0 amide bonds. The zero-order chi connectivity index (χ0) is 12.6. The molecule has 0 saturated carbocycles. The molecular formula is C11H11Br2NO2. The maximum Gasteiger partial charge on any atom is 0.303 e. The van der Waals surface area contributed by atoms with Crippen LogP contribution in [0.5, 0.6) is 0 Å². The number of esters is 1. The standard InChI is InChI=1S/C11H11Br2NO2/c1-6(15)16-11-7-3-2-4-14-10(7)8(12)5-9(11)13/h2-4,8-9,11H,5H2,1H3/t8?,9-,11-/m1/s1/i9D. The lowest BCUT2D eigenvalue weighted by Gasteiger charge is -2.31. The summed E-state index contributed by atoms with van der Waals surface area (Å²) < 4.78 is 13.5. The Morgan fingerprint density at radius 3 is 3.12 bits per heavy atom. The van der Waals surface area contributed by atoms with Gasteiger partial charge in [-0.05, 0) is 12.5 Å². The zero-order valence-electron chi connectivity index (χ0n) is 9.61. The van der Waals surface area contributed by atoms with E-state index < -0.39 is 16.9 Å². The number of fused-ring (bicyclic) bond motifs is 1. The van der Waals surface area contributed by atoms with Gasteiger partial charge in [-0.25, -0.2) is 0 Å². The fraction of sp³-hybridized carbons (Fsp3) is 0.455. The van der Waals surface area contributed by atoms with Crippen molar-refractivity contribution in [1.82, 2.24) is 4.98 Å². The van der Waals surface area contributed by atoms with Crippen LogP contribution in [-0.4, -0.2) is 15.8 Å². The third-order valence-electron chi connectivity index (χ3n) is 2.39. The second-order valence-corrected chi connectivity index (χ2v) is 5.71. The van der Waals surface area contributed by atoms with Crippen molar-refractivity contribution < 1.29 is 10.9 Å². The first-order valence-electron chi connectivity index (χ1n) is 5.37. The van der Waals surface area contributed by atoms with Gasteiger partial charge in [0.2, 0.25) is 0 Å². The van der Waals surface area contributed by atoms with Crippen molar-refractivity contribution in [2.45, 2.75) is 29.1 Å². The molecule has 0 aliphatic heterocycles. The van der Waals surface area contributed by atoms with Crippen molar-refractivity contribution >= 4 is 37.8 Å². The van der Waals surface area contributed by atoms with E-state index in [2.05, 4.69) is 36.8 Å². The molecule has 16 heavy (non-hydrogen) atoms. The Kier molecular flexibility index (Phi) is 3.24. The molecule has 3 nitrogen and oxygen atoms in total. The molecule has 0 saturated heterocycles. The smallest absolute Gasteiger partial charge is 0.303 e. The van der Waals surface area contributed by atoms with E-state index in [9.17, 15) is 4.79 Å². The minimum absolute atomic E-state index is 0.0117. The first kappa shape index (κ1) is 10.7. The van der Waals surface area contributed by atoms with Crippen LogP contribution in [0.2, 0.25) is 0 Å². The number of halogens is 2. The molecule has 0 radical (unpaired) electrons. The van der Waals surface area contributed by atoms with E-state index in [-0.39, 0.29) is 4.83 Å². The first-order valence-corrected chi connectivity index (χ1v) is 6.57. The Hall–Kier alpha value is -0.420.